The van der Waals surface area contributed by atoms with E-state index in [1.807, 2.05) is 0 Å². The van der Waals surface area contributed by atoms with Crippen LogP contribution >= 0.6 is 11.6 Å². The molecule has 0 saturated carbocycles. The van der Waals surface area contributed by atoms with Crippen LogP contribution in [-0.2, 0) is 0 Å². The van der Waals surface area contributed by atoms with E-state index >= 15 is 0 Å². The van der Waals surface area contributed by atoms with Crippen molar-refractivity contribution in [1.82, 2.24) is 24.5 Å². The molecule has 0 unspecified atom stereocenters. The molecule has 2 aromatic rings. The molecule has 1 fully saturated rings. The molecule has 1 N–H and O–H groups in total. The first-order valence-electron chi connectivity index (χ1n) is 7.01. The molecule has 0 bridgehead atoms. The maximum atomic E-state index is 5.99. The van der Waals surface area contributed by atoms with Crippen LogP contribution in [0.4, 0.5) is 5.82 Å². The van der Waals surface area contributed by atoms with Crippen molar-refractivity contribution in [1.29, 1.82) is 0 Å². The molecule has 7 heteroatoms. The lowest BCUT2D eigenvalue weighted by Gasteiger charge is -2.28. The van der Waals surface area contributed by atoms with Crippen molar-refractivity contribution < 1.29 is 0 Å². The minimum absolute atomic E-state index is 0.437. The molecule has 1 saturated heterocycles. The smallest absolute Gasteiger partial charge is 0.255 e. The Balaban J connectivity index is 1.58. The summed E-state index contributed by atoms with van der Waals surface area (Å²) in [5, 5.41) is 7.98. The van der Waals surface area contributed by atoms with Crippen molar-refractivity contribution in [2.45, 2.75) is 19.3 Å². The van der Waals surface area contributed by atoms with Gasteiger partial charge in [-0.25, -0.2) is 0 Å². The maximum Gasteiger partial charge on any atom is 0.255 e. The van der Waals surface area contributed by atoms with Crippen molar-refractivity contribution >= 4 is 23.2 Å². The lowest BCUT2D eigenvalue weighted by Crippen LogP contribution is -2.30. The molecule has 0 atom stereocenters. The zero-order valence-corrected chi connectivity index (χ0v) is 12.3. The van der Waals surface area contributed by atoms with Gasteiger partial charge in [0.25, 0.3) is 5.78 Å². The van der Waals surface area contributed by atoms with Gasteiger partial charge in [0.05, 0.1) is 0 Å². The summed E-state index contributed by atoms with van der Waals surface area (Å²) < 4.78 is 1.68. The number of rotatable bonds is 4. The van der Waals surface area contributed by atoms with E-state index in [0.29, 0.717) is 10.9 Å². The fourth-order valence-electron chi connectivity index (χ4n) is 2.66. The first-order valence-corrected chi connectivity index (χ1v) is 7.39. The van der Waals surface area contributed by atoms with Crippen LogP contribution < -0.4 is 5.32 Å². The number of anilines is 1. The Morgan fingerprint density at radius 2 is 2.20 bits per heavy atom. The summed E-state index contributed by atoms with van der Waals surface area (Å²) in [6.45, 7) is 3.34. The Morgan fingerprint density at radius 3 is 3.00 bits per heavy atom. The molecule has 0 aromatic carbocycles. The van der Waals surface area contributed by atoms with Crippen molar-refractivity contribution in [3.63, 3.8) is 0 Å². The lowest BCUT2D eigenvalue weighted by molar-refractivity contribution is 0.215. The third-order valence-electron chi connectivity index (χ3n) is 3.92. The zero-order chi connectivity index (χ0) is 13.9. The summed E-state index contributed by atoms with van der Waals surface area (Å²) in [5.74, 6) is 2.19. The van der Waals surface area contributed by atoms with Gasteiger partial charge in [-0.1, -0.05) is 11.6 Å². The predicted octanol–water partition coefficient (Wildman–Crippen LogP) is 1.92. The zero-order valence-electron chi connectivity index (χ0n) is 11.6. The van der Waals surface area contributed by atoms with Gasteiger partial charge in [-0.15, -0.1) is 0 Å². The van der Waals surface area contributed by atoms with E-state index in [2.05, 4.69) is 32.3 Å². The van der Waals surface area contributed by atoms with Crippen LogP contribution in [0.15, 0.2) is 12.4 Å². The summed E-state index contributed by atoms with van der Waals surface area (Å²) in [5.41, 5.74) is 0. The average molecular weight is 295 g/mol. The second-order valence-electron chi connectivity index (χ2n) is 5.40. The van der Waals surface area contributed by atoms with Gasteiger partial charge < -0.3 is 10.2 Å². The van der Waals surface area contributed by atoms with Crippen LogP contribution in [-0.4, -0.2) is 51.2 Å². The third kappa shape index (κ3) is 3.02. The highest BCUT2D eigenvalue weighted by molar-refractivity contribution is 6.29. The molecule has 20 heavy (non-hydrogen) atoms. The van der Waals surface area contributed by atoms with E-state index in [1.165, 1.54) is 38.7 Å². The summed E-state index contributed by atoms with van der Waals surface area (Å²) in [6, 6.07) is 1.79. The summed E-state index contributed by atoms with van der Waals surface area (Å²) >= 11 is 5.99. The van der Waals surface area contributed by atoms with Gasteiger partial charge in [0.1, 0.15) is 17.3 Å². The Kier molecular flexibility index (Phi) is 4.03. The van der Waals surface area contributed by atoms with Crippen LogP contribution in [0.3, 0.4) is 0 Å². The number of likely N-dealkylation sites (tertiary alicyclic amines) is 1. The molecular weight excluding hydrogens is 276 g/mol. The number of aromatic nitrogens is 4. The quantitative estimate of drug-likeness (QED) is 0.873. The molecular formula is C13H19ClN6. The standard InChI is InChI=1S/C13H19ClN6/c1-19-6-3-10(4-7-19)2-5-15-12-8-11(14)18-13-16-9-17-20(12)13/h8-10,15H,2-7H2,1H3. The van der Waals surface area contributed by atoms with Crippen LogP contribution in [0.5, 0.6) is 0 Å². The average Bonchev–Trinajstić information content (AvgIpc) is 2.89. The first kappa shape index (κ1) is 13.6. The minimum Gasteiger partial charge on any atom is -0.370 e. The predicted molar refractivity (Wildman–Crippen MR) is 79.1 cm³/mol. The van der Waals surface area contributed by atoms with Crippen molar-refractivity contribution in [3.05, 3.63) is 17.5 Å². The summed E-state index contributed by atoms with van der Waals surface area (Å²) in [6.07, 6.45) is 5.23. The number of hydrogen-bond acceptors (Lipinski definition) is 5. The molecule has 2 aromatic heterocycles. The fourth-order valence-corrected chi connectivity index (χ4v) is 2.84. The molecule has 3 rings (SSSR count). The van der Waals surface area contributed by atoms with Gasteiger partial charge in [-0.2, -0.15) is 19.6 Å². The second kappa shape index (κ2) is 5.93. The maximum absolute atomic E-state index is 5.99. The number of fused-ring (bicyclic) bond motifs is 1. The van der Waals surface area contributed by atoms with Crippen molar-refractivity contribution in [2.24, 2.45) is 5.92 Å². The van der Waals surface area contributed by atoms with Gasteiger partial charge in [-0.3, -0.25) is 0 Å². The molecule has 6 nitrogen and oxygen atoms in total. The number of nitrogens with one attached hydrogen (secondary N) is 1. The Labute approximate surface area is 123 Å². The van der Waals surface area contributed by atoms with E-state index in [4.69, 9.17) is 11.6 Å². The number of piperidine rings is 1. The van der Waals surface area contributed by atoms with Crippen molar-refractivity contribution in [3.8, 4) is 0 Å². The normalized spacial score (nSPS) is 17.7. The highest BCUT2D eigenvalue weighted by Gasteiger charge is 2.16. The topological polar surface area (TPSA) is 58.3 Å². The number of nitrogens with zero attached hydrogens (tertiary/aromatic N) is 5. The van der Waals surface area contributed by atoms with Crippen LogP contribution in [0.1, 0.15) is 19.3 Å². The Hall–Kier alpha value is -1.40. The summed E-state index contributed by atoms with van der Waals surface area (Å²) in [7, 11) is 2.19. The fraction of sp³-hybridized carbons (Fsp3) is 0.615. The number of hydrogen-bond donors (Lipinski definition) is 1. The Morgan fingerprint density at radius 1 is 1.40 bits per heavy atom. The highest BCUT2D eigenvalue weighted by Crippen LogP contribution is 2.20. The lowest BCUT2D eigenvalue weighted by atomic mass is 9.94. The van der Waals surface area contributed by atoms with E-state index < -0.39 is 0 Å². The minimum atomic E-state index is 0.437. The molecule has 1 aliphatic rings. The molecule has 0 radical (unpaired) electrons. The van der Waals surface area contributed by atoms with E-state index in [9.17, 15) is 0 Å². The van der Waals surface area contributed by atoms with Crippen LogP contribution in [0, 0.1) is 5.92 Å². The largest absolute Gasteiger partial charge is 0.370 e. The monoisotopic (exact) mass is 294 g/mol. The Bertz CT molecular complexity index is 575. The third-order valence-corrected chi connectivity index (χ3v) is 4.11. The highest BCUT2D eigenvalue weighted by atomic mass is 35.5. The van der Waals surface area contributed by atoms with Gasteiger partial charge in [0, 0.05) is 12.6 Å². The number of halogens is 1. The molecule has 108 valence electrons. The van der Waals surface area contributed by atoms with Crippen LogP contribution in [0.2, 0.25) is 5.15 Å². The van der Waals surface area contributed by atoms with Crippen molar-refractivity contribution in [2.75, 3.05) is 32.0 Å². The van der Waals surface area contributed by atoms with E-state index in [1.54, 1.807) is 10.6 Å². The summed E-state index contributed by atoms with van der Waals surface area (Å²) in [4.78, 5) is 10.6. The van der Waals surface area contributed by atoms with Gasteiger partial charge >= 0.3 is 0 Å². The molecule has 3 heterocycles. The van der Waals surface area contributed by atoms with E-state index in [0.717, 1.165) is 18.3 Å². The molecule has 0 amide bonds. The van der Waals surface area contributed by atoms with E-state index in [-0.39, 0.29) is 0 Å². The van der Waals surface area contributed by atoms with Gasteiger partial charge in [0.2, 0.25) is 0 Å². The molecule has 0 aliphatic carbocycles. The second-order valence-corrected chi connectivity index (χ2v) is 5.79. The molecule has 1 aliphatic heterocycles. The van der Waals surface area contributed by atoms with Gasteiger partial charge in [-0.05, 0) is 45.3 Å². The molecule has 0 spiro atoms. The van der Waals surface area contributed by atoms with Gasteiger partial charge in [0.15, 0.2) is 0 Å². The SMILES string of the molecule is CN1CCC(CCNc2cc(Cl)nc3ncnn23)CC1. The van der Waals surface area contributed by atoms with Crippen LogP contribution in [0.25, 0.3) is 5.78 Å². The first-order chi connectivity index (χ1) is 9.72.